The molecule has 2 rings (SSSR count). The molecule has 1 unspecified atom stereocenters. The lowest BCUT2D eigenvalue weighted by atomic mass is 10.1. The van der Waals surface area contributed by atoms with Crippen molar-refractivity contribution in [2.75, 3.05) is 0 Å². The summed E-state index contributed by atoms with van der Waals surface area (Å²) in [6.45, 7) is 3.13. The lowest BCUT2D eigenvalue weighted by Crippen LogP contribution is -2.25. The normalized spacial score (nSPS) is 12.5. The van der Waals surface area contributed by atoms with E-state index in [4.69, 9.17) is 0 Å². The first-order chi connectivity index (χ1) is 9.13. The van der Waals surface area contributed by atoms with Crippen LogP contribution in [-0.4, -0.2) is 11.1 Å². The number of phenolic OH excluding ortho intramolecular Hbond substituents is 1. The Labute approximate surface area is 126 Å². The van der Waals surface area contributed by atoms with Crippen LogP contribution < -0.4 is 5.32 Å². The highest BCUT2D eigenvalue weighted by Gasteiger charge is 2.04. The molecule has 2 aromatic rings. The molecule has 2 N–H and O–H groups in total. The fourth-order valence-corrected chi connectivity index (χ4v) is 3.09. The van der Waals surface area contributed by atoms with Crippen LogP contribution in [0.1, 0.15) is 24.5 Å². The molecule has 19 heavy (non-hydrogen) atoms. The van der Waals surface area contributed by atoms with Crippen LogP contribution in [0, 0.1) is 0 Å². The number of aryl methyl sites for hydroxylation is 1. The molecular weight excluding hydrogens is 322 g/mol. The fraction of sp³-hybridized carbons (Fsp3) is 0.333. The third kappa shape index (κ3) is 4.97. The van der Waals surface area contributed by atoms with Gasteiger partial charge in [0.2, 0.25) is 0 Å². The first kappa shape index (κ1) is 14.6. The molecule has 2 nitrogen and oxygen atoms in total. The number of halogens is 1. The van der Waals surface area contributed by atoms with Crippen LogP contribution in [0.15, 0.2) is 39.5 Å². The standard InChI is InChI=1S/C15H18BrNOS/c1-11(17-9-13-8-15(16)19-10-13)2-3-12-4-6-14(18)7-5-12/h4-8,10-11,17-18H,2-3,9H2,1H3. The van der Waals surface area contributed by atoms with Crippen LogP contribution in [0.25, 0.3) is 0 Å². The van der Waals surface area contributed by atoms with Gasteiger partial charge in [-0.3, -0.25) is 0 Å². The minimum atomic E-state index is 0.331. The van der Waals surface area contributed by atoms with E-state index in [2.05, 4.69) is 39.6 Å². The maximum Gasteiger partial charge on any atom is 0.115 e. The zero-order valence-electron chi connectivity index (χ0n) is 10.9. The van der Waals surface area contributed by atoms with Crippen molar-refractivity contribution < 1.29 is 5.11 Å². The van der Waals surface area contributed by atoms with Crippen molar-refractivity contribution in [1.29, 1.82) is 0 Å². The molecule has 0 saturated carbocycles. The van der Waals surface area contributed by atoms with Gasteiger partial charge in [-0.25, -0.2) is 0 Å². The number of aromatic hydroxyl groups is 1. The van der Waals surface area contributed by atoms with Crippen molar-refractivity contribution in [1.82, 2.24) is 5.32 Å². The Balaban J connectivity index is 1.72. The molecule has 0 bridgehead atoms. The fourth-order valence-electron chi connectivity index (χ4n) is 1.88. The summed E-state index contributed by atoms with van der Waals surface area (Å²) in [6.07, 6.45) is 2.12. The molecule has 0 fully saturated rings. The van der Waals surface area contributed by atoms with E-state index in [-0.39, 0.29) is 0 Å². The number of phenols is 1. The van der Waals surface area contributed by atoms with Crippen LogP contribution in [0.3, 0.4) is 0 Å². The molecular formula is C15H18BrNOS. The van der Waals surface area contributed by atoms with Gasteiger partial charge in [0, 0.05) is 12.6 Å². The second kappa shape index (κ2) is 7.08. The van der Waals surface area contributed by atoms with Gasteiger partial charge in [0.25, 0.3) is 0 Å². The van der Waals surface area contributed by atoms with E-state index in [0.29, 0.717) is 11.8 Å². The zero-order chi connectivity index (χ0) is 13.7. The largest absolute Gasteiger partial charge is 0.508 e. The topological polar surface area (TPSA) is 32.3 Å². The summed E-state index contributed by atoms with van der Waals surface area (Å²) in [5.74, 6) is 0.331. The molecule has 0 amide bonds. The van der Waals surface area contributed by atoms with Gasteiger partial charge in [-0.05, 0) is 70.4 Å². The van der Waals surface area contributed by atoms with E-state index >= 15 is 0 Å². The Hall–Kier alpha value is -0.840. The van der Waals surface area contributed by atoms with Gasteiger partial charge in [-0.2, -0.15) is 0 Å². The van der Waals surface area contributed by atoms with Gasteiger partial charge in [0.15, 0.2) is 0 Å². The third-order valence-electron chi connectivity index (χ3n) is 3.08. The third-order valence-corrected chi connectivity index (χ3v) is 4.63. The Kier molecular flexibility index (Phi) is 5.43. The lowest BCUT2D eigenvalue weighted by molar-refractivity contribution is 0.474. The van der Waals surface area contributed by atoms with Crippen molar-refractivity contribution in [3.05, 3.63) is 50.6 Å². The van der Waals surface area contributed by atoms with Gasteiger partial charge in [-0.1, -0.05) is 12.1 Å². The number of hydrogen-bond acceptors (Lipinski definition) is 3. The van der Waals surface area contributed by atoms with E-state index in [1.54, 1.807) is 23.5 Å². The maximum absolute atomic E-state index is 9.23. The molecule has 0 radical (unpaired) electrons. The van der Waals surface area contributed by atoms with Crippen LogP contribution in [-0.2, 0) is 13.0 Å². The quantitative estimate of drug-likeness (QED) is 0.820. The van der Waals surface area contributed by atoms with Crippen LogP contribution >= 0.6 is 27.3 Å². The molecule has 0 saturated heterocycles. The van der Waals surface area contributed by atoms with Crippen molar-refractivity contribution in [2.45, 2.75) is 32.4 Å². The van der Waals surface area contributed by atoms with Crippen molar-refractivity contribution in [3.8, 4) is 5.75 Å². The summed E-state index contributed by atoms with van der Waals surface area (Å²) >= 11 is 5.20. The molecule has 1 heterocycles. The zero-order valence-corrected chi connectivity index (χ0v) is 13.3. The predicted molar refractivity (Wildman–Crippen MR) is 84.7 cm³/mol. The average molecular weight is 340 g/mol. The first-order valence-electron chi connectivity index (χ1n) is 6.37. The van der Waals surface area contributed by atoms with Gasteiger partial charge < -0.3 is 10.4 Å². The summed E-state index contributed by atoms with van der Waals surface area (Å²) in [5, 5.41) is 14.9. The summed E-state index contributed by atoms with van der Waals surface area (Å²) < 4.78 is 1.18. The molecule has 1 atom stereocenters. The number of thiophene rings is 1. The lowest BCUT2D eigenvalue weighted by Gasteiger charge is -2.13. The summed E-state index contributed by atoms with van der Waals surface area (Å²) in [6, 6.07) is 10.1. The average Bonchev–Trinajstić information content (AvgIpc) is 2.81. The Morgan fingerprint density at radius 3 is 2.63 bits per heavy atom. The highest BCUT2D eigenvalue weighted by Crippen LogP contribution is 2.20. The Bertz CT molecular complexity index is 509. The number of benzene rings is 1. The van der Waals surface area contributed by atoms with E-state index in [0.717, 1.165) is 19.4 Å². The van der Waals surface area contributed by atoms with Crippen molar-refractivity contribution in [3.63, 3.8) is 0 Å². The molecule has 0 aliphatic heterocycles. The van der Waals surface area contributed by atoms with E-state index in [9.17, 15) is 5.11 Å². The Morgan fingerprint density at radius 1 is 1.26 bits per heavy atom. The summed E-state index contributed by atoms with van der Waals surface area (Å²) in [4.78, 5) is 0. The first-order valence-corrected chi connectivity index (χ1v) is 8.05. The molecule has 0 aliphatic carbocycles. The molecule has 1 aromatic carbocycles. The minimum absolute atomic E-state index is 0.331. The van der Waals surface area contributed by atoms with E-state index in [1.165, 1.54) is 14.9 Å². The predicted octanol–water partition coefficient (Wildman–Crippen LogP) is 4.33. The summed E-state index contributed by atoms with van der Waals surface area (Å²) in [7, 11) is 0. The van der Waals surface area contributed by atoms with Crippen LogP contribution in [0.4, 0.5) is 0 Å². The molecule has 0 spiro atoms. The van der Waals surface area contributed by atoms with E-state index < -0.39 is 0 Å². The Morgan fingerprint density at radius 2 is 2.00 bits per heavy atom. The van der Waals surface area contributed by atoms with Crippen molar-refractivity contribution in [2.24, 2.45) is 0 Å². The molecule has 4 heteroatoms. The number of nitrogens with one attached hydrogen (secondary N) is 1. The number of hydrogen-bond donors (Lipinski definition) is 2. The second-order valence-electron chi connectivity index (χ2n) is 4.75. The highest BCUT2D eigenvalue weighted by atomic mass is 79.9. The minimum Gasteiger partial charge on any atom is -0.508 e. The molecule has 1 aromatic heterocycles. The van der Waals surface area contributed by atoms with Crippen LogP contribution in [0.5, 0.6) is 5.75 Å². The van der Waals surface area contributed by atoms with Gasteiger partial charge in [0.1, 0.15) is 5.75 Å². The van der Waals surface area contributed by atoms with Crippen molar-refractivity contribution >= 4 is 27.3 Å². The van der Waals surface area contributed by atoms with Gasteiger partial charge in [-0.15, -0.1) is 11.3 Å². The molecule has 102 valence electrons. The van der Waals surface area contributed by atoms with Gasteiger partial charge >= 0.3 is 0 Å². The van der Waals surface area contributed by atoms with E-state index in [1.807, 2.05) is 12.1 Å². The summed E-state index contributed by atoms with van der Waals surface area (Å²) in [5.41, 5.74) is 2.60. The second-order valence-corrected chi connectivity index (χ2v) is 7.04. The molecule has 0 aliphatic rings. The monoisotopic (exact) mass is 339 g/mol. The maximum atomic E-state index is 9.23. The highest BCUT2D eigenvalue weighted by molar-refractivity contribution is 9.11. The van der Waals surface area contributed by atoms with Gasteiger partial charge in [0.05, 0.1) is 3.79 Å². The van der Waals surface area contributed by atoms with Crippen LogP contribution in [0.2, 0.25) is 0 Å². The smallest absolute Gasteiger partial charge is 0.115 e. The number of rotatable bonds is 6. The SMILES string of the molecule is CC(CCc1ccc(O)cc1)NCc1csc(Br)c1.